The van der Waals surface area contributed by atoms with Gasteiger partial charge in [0.2, 0.25) is 0 Å². The molecule has 0 aromatic rings. The molecule has 0 saturated heterocycles. The highest BCUT2D eigenvalue weighted by molar-refractivity contribution is 6.26. The van der Waals surface area contributed by atoms with Crippen LogP contribution in [-0.4, -0.2) is 30.4 Å². The second kappa shape index (κ2) is 2.30. The third-order valence-corrected chi connectivity index (χ3v) is 0.649. The fourth-order valence-corrected chi connectivity index (χ4v) is 0.336. The number of nitrogens with zero attached hydrogens (tertiary/aromatic N) is 2. The molecule has 0 spiro atoms. The van der Waals surface area contributed by atoms with Crippen LogP contribution in [0.4, 0.5) is 0 Å². The molecule has 1 N–H and O–H groups in total. The van der Waals surface area contributed by atoms with Gasteiger partial charge in [-0.3, -0.25) is 4.99 Å². The maximum absolute atomic E-state index is 8.11. The molecule has 0 aromatic heterocycles. The Morgan fingerprint density at radius 1 is 2.12 bits per heavy atom. The minimum absolute atomic E-state index is 0.0601. The van der Waals surface area contributed by atoms with E-state index in [0.29, 0.717) is 0 Å². The normalized spacial score (nSPS) is 33.2. The van der Waals surface area contributed by atoms with Gasteiger partial charge in [-0.25, -0.2) is 0 Å². The van der Waals surface area contributed by atoms with Gasteiger partial charge in [-0.05, 0) is 5.16 Å². The van der Waals surface area contributed by atoms with Gasteiger partial charge in [-0.15, -0.1) is 0 Å². The lowest BCUT2D eigenvalue weighted by Crippen LogP contribution is -2.14. The van der Waals surface area contributed by atoms with E-state index in [2.05, 4.69) is 14.9 Å². The lowest BCUT2D eigenvalue weighted by Gasteiger charge is -2.04. The van der Waals surface area contributed by atoms with E-state index in [0.717, 1.165) is 6.21 Å². The van der Waals surface area contributed by atoms with Crippen LogP contribution in [0.2, 0.25) is 0 Å². The third kappa shape index (κ3) is 0.959. The first-order valence-corrected chi connectivity index (χ1v) is 2.04. The molecule has 0 atom stereocenters. The molecule has 1 rings (SSSR count). The van der Waals surface area contributed by atoms with E-state index in [4.69, 9.17) is 7.95 Å². The van der Waals surface area contributed by atoms with Crippen LogP contribution in [-0.2, 0) is 4.74 Å². The highest BCUT2D eigenvalue weighted by Crippen LogP contribution is 1.85. The third-order valence-electron chi connectivity index (χ3n) is 0.649. The zero-order valence-corrected chi connectivity index (χ0v) is 4.03. The van der Waals surface area contributed by atoms with Crippen molar-refractivity contribution in [2.45, 2.75) is 0 Å². The minimum atomic E-state index is -1.69. The second-order valence-corrected chi connectivity index (χ2v) is 1.14. The van der Waals surface area contributed by atoms with Gasteiger partial charge in [-0.1, -0.05) is 0 Å². The second-order valence-electron chi connectivity index (χ2n) is 1.14. The van der Waals surface area contributed by atoms with Crippen LogP contribution in [0.3, 0.4) is 0 Å². The standard InChI is InChI=1S/C4H6N2O2/c7-6-4-3-5-1-2-8-4/h3,7H,1-2H2/b6-4+/i1D2. The Bertz CT molecular complexity index is 190. The molecule has 0 bridgehead atoms. The Morgan fingerprint density at radius 3 is 3.50 bits per heavy atom. The molecule has 0 fully saturated rings. The van der Waals surface area contributed by atoms with Crippen LogP contribution in [0, 0.1) is 0 Å². The Labute approximate surface area is 49.3 Å². The van der Waals surface area contributed by atoms with E-state index < -0.39 is 6.50 Å². The van der Waals surface area contributed by atoms with Gasteiger partial charge in [0.1, 0.15) is 6.61 Å². The van der Waals surface area contributed by atoms with Crippen molar-refractivity contribution in [1.29, 1.82) is 0 Å². The van der Waals surface area contributed by atoms with Crippen LogP contribution in [0.1, 0.15) is 2.74 Å². The van der Waals surface area contributed by atoms with Crippen LogP contribution in [0.5, 0.6) is 0 Å². The molecule has 1 aliphatic heterocycles. The van der Waals surface area contributed by atoms with Crippen LogP contribution < -0.4 is 0 Å². The molecule has 0 radical (unpaired) electrons. The molecule has 0 saturated carbocycles. The fourth-order valence-electron chi connectivity index (χ4n) is 0.336. The fraction of sp³-hybridized carbons (Fsp3) is 0.500. The number of ether oxygens (including phenoxy) is 1. The van der Waals surface area contributed by atoms with Crippen LogP contribution in [0.15, 0.2) is 10.1 Å². The molecule has 4 nitrogen and oxygen atoms in total. The Kier molecular flexibility index (Phi) is 0.881. The molecular formula is C4H6N2O2. The monoisotopic (exact) mass is 116 g/mol. The van der Waals surface area contributed by atoms with E-state index in [1.807, 2.05) is 0 Å². The number of hydrogen-bond donors (Lipinski definition) is 1. The number of oxime groups is 1. The first-order chi connectivity index (χ1) is 4.64. The zero-order chi connectivity index (χ0) is 7.61. The molecule has 0 aromatic carbocycles. The SMILES string of the molecule is [2H]C1([2H])CO/C(=N/O)C=N1. The summed E-state index contributed by atoms with van der Waals surface area (Å²) in [5.41, 5.74) is 0. The van der Waals surface area contributed by atoms with Crippen molar-refractivity contribution in [3.63, 3.8) is 0 Å². The first-order valence-electron chi connectivity index (χ1n) is 3.04. The summed E-state index contributed by atoms with van der Waals surface area (Å²) in [7, 11) is 0. The van der Waals surface area contributed by atoms with Crippen molar-refractivity contribution in [1.82, 2.24) is 0 Å². The zero-order valence-electron chi connectivity index (χ0n) is 6.03. The molecule has 4 heteroatoms. The highest BCUT2D eigenvalue weighted by Gasteiger charge is 1.99. The molecular weight excluding hydrogens is 108 g/mol. The quantitative estimate of drug-likeness (QED) is 0.354. The van der Waals surface area contributed by atoms with E-state index in [9.17, 15) is 0 Å². The Morgan fingerprint density at radius 2 is 3.00 bits per heavy atom. The van der Waals surface area contributed by atoms with E-state index >= 15 is 0 Å². The largest absolute Gasteiger partial charge is 0.473 e. The summed E-state index contributed by atoms with van der Waals surface area (Å²) in [6.07, 6.45) is 1.05. The lowest BCUT2D eigenvalue weighted by atomic mass is 10.6. The topological polar surface area (TPSA) is 54.2 Å². The molecule has 1 aliphatic rings. The summed E-state index contributed by atoms with van der Waals surface area (Å²) in [6.45, 7) is -1.89. The van der Waals surface area contributed by atoms with Crippen molar-refractivity contribution >= 4 is 12.1 Å². The first kappa shape index (κ1) is 3.06. The van der Waals surface area contributed by atoms with Crippen LogP contribution in [0.25, 0.3) is 0 Å². The van der Waals surface area contributed by atoms with Crippen molar-refractivity contribution in [2.75, 3.05) is 13.1 Å². The molecule has 8 heavy (non-hydrogen) atoms. The van der Waals surface area contributed by atoms with Crippen LogP contribution >= 0.6 is 0 Å². The summed E-state index contributed by atoms with van der Waals surface area (Å²) >= 11 is 0. The predicted octanol–water partition coefficient (Wildman–Crippen LogP) is -0.125. The van der Waals surface area contributed by atoms with Gasteiger partial charge in [0, 0.05) is 0 Å². The number of hydrogen-bond acceptors (Lipinski definition) is 4. The van der Waals surface area contributed by atoms with Gasteiger partial charge in [0.15, 0.2) is 0 Å². The summed E-state index contributed by atoms with van der Waals surface area (Å²) in [6, 6.07) is 0. The summed E-state index contributed by atoms with van der Waals surface area (Å²) < 4.78 is 18.6. The summed E-state index contributed by atoms with van der Waals surface area (Å²) in [4.78, 5) is 3.41. The van der Waals surface area contributed by atoms with E-state index in [1.54, 1.807) is 0 Å². The molecule has 44 valence electrons. The van der Waals surface area contributed by atoms with Gasteiger partial charge in [0.25, 0.3) is 5.90 Å². The Balaban J connectivity index is 2.70. The molecule has 0 unspecified atom stereocenters. The average Bonchev–Trinajstić information content (AvgIpc) is 1.88. The molecule has 0 amide bonds. The maximum Gasteiger partial charge on any atom is 0.268 e. The van der Waals surface area contributed by atoms with Gasteiger partial charge < -0.3 is 9.94 Å². The molecule has 0 aliphatic carbocycles. The lowest BCUT2D eigenvalue weighted by molar-refractivity contribution is 0.262. The van der Waals surface area contributed by atoms with Crippen molar-refractivity contribution in [3.05, 3.63) is 0 Å². The number of rotatable bonds is 0. The van der Waals surface area contributed by atoms with E-state index in [1.165, 1.54) is 0 Å². The van der Waals surface area contributed by atoms with E-state index in [-0.39, 0.29) is 12.5 Å². The highest BCUT2D eigenvalue weighted by atomic mass is 16.5. The molecule has 1 heterocycles. The van der Waals surface area contributed by atoms with Gasteiger partial charge in [0.05, 0.1) is 15.5 Å². The smallest absolute Gasteiger partial charge is 0.268 e. The maximum atomic E-state index is 8.11. The van der Waals surface area contributed by atoms with Crippen molar-refractivity contribution < 1.29 is 12.7 Å². The summed E-state index contributed by atoms with van der Waals surface area (Å²) in [5, 5.41) is 10.8. The average molecular weight is 116 g/mol. The Hall–Kier alpha value is -1.06. The summed E-state index contributed by atoms with van der Waals surface area (Å²) in [5.74, 6) is -0.0601. The van der Waals surface area contributed by atoms with Crippen molar-refractivity contribution in [2.24, 2.45) is 10.1 Å². The minimum Gasteiger partial charge on any atom is -0.473 e. The van der Waals surface area contributed by atoms with Crippen molar-refractivity contribution in [3.8, 4) is 0 Å². The van der Waals surface area contributed by atoms with Gasteiger partial charge >= 0.3 is 0 Å². The predicted molar refractivity (Wildman–Crippen MR) is 28.5 cm³/mol. The number of aliphatic imine (C=N–C) groups is 1. The van der Waals surface area contributed by atoms with Gasteiger partial charge in [-0.2, -0.15) is 0 Å².